The Bertz CT molecular complexity index is 1130. The number of anilines is 1. The summed E-state index contributed by atoms with van der Waals surface area (Å²) in [6, 6.07) is 14.7. The molecule has 1 atom stereocenters. The topological polar surface area (TPSA) is 86.8 Å². The molecule has 1 fully saturated rings. The van der Waals surface area contributed by atoms with Crippen molar-refractivity contribution >= 4 is 39.3 Å². The number of nitrogens with one attached hydrogen (secondary N) is 1. The smallest absolute Gasteiger partial charge is 0.243 e. The van der Waals surface area contributed by atoms with Gasteiger partial charge in [0.2, 0.25) is 21.8 Å². The zero-order valence-electron chi connectivity index (χ0n) is 18.9. The van der Waals surface area contributed by atoms with E-state index in [4.69, 9.17) is 0 Å². The number of amides is 2. The number of benzene rings is 2. The Labute approximate surface area is 199 Å². The molecule has 0 radical (unpaired) electrons. The minimum Gasteiger partial charge on any atom is -0.352 e. The Morgan fingerprint density at radius 1 is 1.09 bits per heavy atom. The number of carbonyl (C=O) groups excluding carboxylic acids is 2. The highest BCUT2D eigenvalue weighted by atomic mass is 32.2. The van der Waals surface area contributed by atoms with Gasteiger partial charge in [0.25, 0.3) is 0 Å². The molecule has 2 aliphatic heterocycles. The number of thioether (sulfide) groups is 1. The third-order valence-corrected chi connectivity index (χ3v) is 9.19. The van der Waals surface area contributed by atoms with Crippen LogP contribution < -0.4 is 10.2 Å². The number of nitrogens with zero attached hydrogens (tertiary/aromatic N) is 2. The summed E-state index contributed by atoms with van der Waals surface area (Å²) < 4.78 is 28.1. The molecule has 2 aliphatic rings. The molecule has 2 heterocycles. The minimum atomic E-state index is -3.71. The average Bonchev–Trinajstić information content (AvgIpc) is 2.82. The number of hydrogen-bond acceptors (Lipinski definition) is 5. The van der Waals surface area contributed by atoms with Gasteiger partial charge >= 0.3 is 0 Å². The summed E-state index contributed by atoms with van der Waals surface area (Å²) in [6.45, 7) is 5.17. The maximum atomic E-state index is 13.3. The summed E-state index contributed by atoms with van der Waals surface area (Å²) in [4.78, 5) is 27.5. The number of piperidine rings is 1. The number of fused-ring (bicyclic) bond motifs is 1. The predicted octanol–water partition coefficient (Wildman–Crippen LogP) is 3.25. The Kier molecular flexibility index (Phi) is 7.11. The molecular formula is C24H29N3O4S2. The maximum absolute atomic E-state index is 13.3. The van der Waals surface area contributed by atoms with Crippen molar-refractivity contribution in [1.82, 2.24) is 9.62 Å². The molecule has 1 N–H and O–H groups in total. The van der Waals surface area contributed by atoms with Gasteiger partial charge in [-0.05, 0) is 36.6 Å². The van der Waals surface area contributed by atoms with Gasteiger partial charge in [0.15, 0.2) is 0 Å². The van der Waals surface area contributed by atoms with Crippen molar-refractivity contribution in [2.45, 2.75) is 48.3 Å². The van der Waals surface area contributed by atoms with Gasteiger partial charge in [-0.1, -0.05) is 37.3 Å². The second-order valence-electron chi connectivity index (χ2n) is 8.57. The van der Waals surface area contributed by atoms with E-state index in [1.54, 1.807) is 34.9 Å². The Balaban J connectivity index is 1.41. The normalized spacial score (nSPS) is 19.7. The highest BCUT2D eigenvalue weighted by molar-refractivity contribution is 8.00. The molecule has 176 valence electrons. The van der Waals surface area contributed by atoms with E-state index in [1.165, 1.54) is 11.2 Å². The fraction of sp³-hybridized carbons (Fsp3) is 0.417. The van der Waals surface area contributed by atoms with Crippen molar-refractivity contribution in [3.05, 3.63) is 54.1 Å². The van der Waals surface area contributed by atoms with E-state index in [9.17, 15) is 18.0 Å². The molecule has 2 aromatic carbocycles. The molecule has 0 aromatic heterocycles. The largest absolute Gasteiger partial charge is 0.352 e. The molecule has 9 heteroatoms. The fourth-order valence-electron chi connectivity index (χ4n) is 4.31. The van der Waals surface area contributed by atoms with Crippen LogP contribution in [0.4, 0.5) is 5.69 Å². The van der Waals surface area contributed by atoms with Crippen LogP contribution in [-0.4, -0.2) is 49.4 Å². The predicted molar refractivity (Wildman–Crippen MR) is 130 cm³/mol. The van der Waals surface area contributed by atoms with Gasteiger partial charge < -0.3 is 10.2 Å². The summed E-state index contributed by atoms with van der Waals surface area (Å²) in [6.07, 6.45) is 0.968. The van der Waals surface area contributed by atoms with Gasteiger partial charge in [0, 0.05) is 49.2 Å². The fourth-order valence-corrected chi connectivity index (χ4v) is 6.90. The van der Waals surface area contributed by atoms with Crippen LogP contribution in [0, 0.1) is 5.92 Å². The summed E-state index contributed by atoms with van der Waals surface area (Å²) in [7, 11) is -3.71. The number of carbonyl (C=O) groups is 2. The molecule has 1 saturated heterocycles. The summed E-state index contributed by atoms with van der Waals surface area (Å²) >= 11 is 1.65. The monoisotopic (exact) mass is 487 g/mol. The number of hydrogen-bond donors (Lipinski definition) is 1. The molecule has 0 unspecified atom stereocenters. The van der Waals surface area contributed by atoms with E-state index >= 15 is 0 Å². The van der Waals surface area contributed by atoms with Gasteiger partial charge in [0.1, 0.15) is 0 Å². The Morgan fingerprint density at radius 2 is 1.79 bits per heavy atom. The first-order chi connectivity index (χ1) is 15.8. The summed E-state index contributed by atoms with van der Waals surface area (Å²) in [5, 5.41) is 3.21. The lowest BCUT2D eigenvalue weighted by Crippen LogP contribution is -2.43. The van der Waals surface area contributed by atoms with Crippen molar-refractivity contribution < 1.29 is 18.0 Å². The SMILES string of the molecule is CC(=O)N1C[C@H](C)Sc2ccc(S(=O)(=O)N3CCC(C(=O)NCc4ccccc4)CC3)cc21. The summed E-state index contributed by atoms with van der Waals surface area (Å²) in [5.41, 5.74) is 1.69. The molecular weight excluding hydrogens is 458 g/mol. The molecule has 2 aromatic rings. The highest BCUT2D eigenvalue weighted by Gasteiger charge is 2.33. The maximum Gasteiger partial charge on any atom is 0.243 e. The van der Waals surface area contributed by atoms with Crippen LogP contribution >= 0.6 is 11.8 Å². The van der Waals surface area contributed by atoms with Crippen LogP contribution in [-0.2, 0) is 26.2 Å². The molecule has 0 saturated carbocycles. The van der Waals surface area contributed by atoms with Crippen molar-refractivity contribution in [2.75, 3.05) is 24.5 Å². The molecule has 4 rings (SSSR count). The molecule has 33 heavy (non-hydrogen) atoms. The third kappa shape index (κ3) is 5.26. The van der Waals surface area contributed by atoms with Gasteiger partial charge in [-0.2, -0.15) is 4.31 Å². The van der Waals surface area contributed by atoms with Crippen LogP contribution in [0.3, 0.4) is 0 Å². The zero-order valence-corrected chi connectivity index (χ0v) is 20.5. The first-order valence-corrected chi connectivity index (χ1v) is 13.5. The van der Waals surface area contributed by atoms with Gasteiger partial charge in [-0.3, -0.25) is 9.59 Å². The molecule has 2 amide bonds. The van der Waals surface area contributed by atoms with E-state index in [-0.39, 0.29) is 27.9 Å². The van der Waals surface area contributed by atoms with Gasteiger partial charge in [-0.15, -0.1) is 11.8 Å². The number of sulfonamides is 1. The average molecular weight is 488 g/mol. The lowest BCUT2D eigenvalue weighted by Gasteiger charge is -2.33. The van der Waals surface area contributed by atoms with Crippen LogP contribution in [0.5, 0.6) is 0 Å². The third-order valence-electron chi connectivity index (χ3n) is 6.14. The van der Waals surface area contributed by atoms with Crippen molar-refractivity contribution in [3.8, 4) is 0 Å². The molecule has 0 bridgehead atoms. The van der Waals surface area contributed by atoms with E-state index < -0.39 is 10.0 Å². The van der Waals surface area contributed by atoms with Crippen LogP contribution in [0.2, 0.25) is 0 Å². The first-order valence-electron chi connectivity index (χ1n) is 11.2. The second-order valence-corrected chi connectivity index (χ2v) is 12.0. The highest BCUT2D eigenvalue weighted by Crippen LogP contribution is 2.40. The minimum absolute atomic E-state index is 0.0343. The molecule has 0 spiro atoms. The lowest BCUT2D eigenvalue weighted by atomic mass is 9.97. The van der Waals surface area contributed by atoms with E-state index in [1.807, 2.05) is 37.3 Å². The zero-order chi connectivity index (χ0) is 23.6. The van der Waals surface area contributed by atoms with Gasteiger partial charge in [0.05, 0.1) is 10.6 Å². The van der Waals surface area contributed by atoms with Crippen molar-refractivity contribution in [1.29, 1.82) is 0 Å². The van der Waals surface area contributed by atoms with Crippen LogP contribution in [0.1, 0.15) is 32.3 Å². The van der Waals surface area contributed by atoms with Crippen LogP contribution in [0.15, 0.2) is 58.3 Å². The molecule has 7 nitrogen and oxygen atoms in total. The Morgan fingerprint density at radius 3 is 2.45 bits per heavy atom. The van der Waals surface area contributed by atoms with E-state index in [0.717, 1.165) is 10.5 Å². The number of rotatable bonds is 5. The van der Waals surface area contributed by atoms with Crippen molar-refractivity contribution in [2.24, 2.45) is 5.92 Å². The quantitative estimate of drug-likeness (QED) is 0.700. The lowest BCUT2D eigenvalue weighted by molar-refractivity contribution is -0.126. The van der Waals surface area contributed by atoms with Gasteiger partial charge in [-0.25, -0.2) is 8.42 Å². The first kappa shape index (κ1) is 23.8. The standard InChI is InChI=1S/C24H29N3O4S2/c1-17-16-27(18(2)28)22-14-21(8-9-23(22)32-17)33(30,31)26-12-10-20(11-13-26)24(29)25-15-19-6-4-3-5-7-19/h3-9,14,17,20H,10-13,15-16H2,1-2H3,(H,25,29)/t17-/m0/s1. The van der Waals surface area contributed by atoms with E-state index in [2.05, 4.69) is 5.32 Å². The Hall–Kier alpha value is -2.36. The van der Waals surface area contributed by atoms with E-state index in [0.29, 0.717) is 44.7 Å². The van der Waals surface area contributed by atoms with Crippen LogP contribution in [0.25, 0.3) is 0 Å². The van der Waals surface area contributed by atoms with Crippen molar-refractivity contribution in [3.63, 3.8) is 0 Å². The molecule has 0 aliphatic carbocycles. The summed E-state index contributed by atoms with van der Waals surface area (Å²) in [5.74, 6) is -0.331. The second kappa shape index (κ2) is 9.87.